The molecule has 1 atom stereocenters. The molecule has 0 aliphatic heterocycles. The molecule has 1 aromatic heterocycles. The average molecular weight is 292 g/mol. The van der Waals surface area contributed by atoms with Crippen LogP contribution in [0.25, 0.3) is 5.69 Å². The fourth-order valence-corrected chi connectivity index (χ4v) is 2.38. The van der Waals surface area contributed by atoms with Gasteiger partial charge in [-0.2, -0.15) is 5.10 Å². The maximum atomic E-state index is 6.38. The lowest BCUT2D eigenvalue weighted by molar-refractivity contribution is 0.646. The molecule has 1 heterocycles. The fraction of sp³-hybridized carbons (Fsp3) is 0.438. The highest BCUT2D eigenvalue weighted by Gasteiger charge is 2.09. The van der Waals surface area contributed by atoms with Crippen LogP contribution in [-0.2, 0) is 6.42 Å². The topological polar surface area (TPSA) is 43.8 Å². The molecule has 1 unspecified atom stereocenters. The van der Waals surface area contributed by atoms with E-state index in [1.165, 1.54) is 5.56 Å². The molecule has 4 heteroatoms. The molecule has 108 valence electrons. The number of benzene rings is 1. The van der Waals surface area contributed by atoms with Gasteiger partial charge in [0.25, 0.3) is 0 Å². The maximum absolute atomic E-state index is 6.38. The monoisotopic (exact) mass is 291 g/mol. The van der Waals surface area contributed by atoms with E-state index in [1.807, 2.05) is 29.1 Å². The quantitative estimate of drug-likeness (QED) is 0.907. The molecule has 3 nitrogen and oxygen atoms in total. The Morgan fingerprint density at radius 3 is 2.60 bits per heavy atom. The van der Waals surface area contributed by atoms with E-state index >= 15 is 0 Å². The predicted octanol–water partition coefficient (Wildman–Crippen LogP) is 3.93. The molecule has 0 amide bonds. The Kier molecular flexibility index (Phi) is 4.84. The van der Waals surface area contributed by atoms with Crippen LogP contribution in [-0.4, -0.2) is 15.8 Å². The van der Waals surface area contributed by atoms with Gasteiger partial charge in [-0.15, -0.1) is 0 Å². The molecule has 0 spiro atoms. The van der Waals surface area contributed by atoms with E-state index in [4.69, 9.17) is 17.3 Å². The zero-order valence-electron chi connectivity index (χ0n) is 12.3. The zero-order chi connectivity index (χ0) is 14.7. The van der Waals surface area contributed by atoms with Gasteiger partial charge in [-0.05, 0) is 42.5 Å². The van der Waals surface area contributed by atoms with Gasteiger partial charge in [-0.1, -0.05) is 38.4 Å². The number of hydrogen-bond acceptors (Lipinski definition) is 2. The lowest BCUT2D eigenvalue weighted by Gasteiger charge is -2.11. The molecule has 2 aromatic rings. The summed E-state index contributed by atoms with van der Waals surface area (Å²) in [4.78, 5) is 0. The van der Waals surface area contributed by atoms with Crippen LogP contribution in [0.2, 0.25) is 5.02 Å². The number of aromatic nitrogens is 2. The number of hydrogen-bond donors (Lipinski definition) is 1. The Morgan fingerprint density at radius 2 is 2.05 bits per heavy atom. The Hall–Kier alpha value is -1.32. The van der Waals surface area contributed by atoms with Gasteiger partial charge >= 0.3 is 0 Å². The van der Waals surface area contributed by atoms with Gasteiger partial charge in [-0.3, -0.25) is 0 Å². The van der Waals surface area contributed by atoms with Crippen LogP contribution in [0, 0.1) is 0 Å². The number of rotatable bonds is 5. The van der Waals surface area contributed by atoms with Gasteiger partial charge in [0, 0.05) is 12.2 Å². The highest BCUT2D eigenvalue weighted by molar-refractivity contribution is 6.32. The van der Waals surface area contributed by atoms with Crippen LogP contribution in [0.4, 0.5) is 0 Å². The van der Waals surface area contributed by atoms with Gasteiger partial charge in [0.2, 0.25) is 0 Å². The van der Waals surface area contributed by atoms with Crippen molar-refractivity contribution >= 4 is 11.6 Å². The SMILES string of the molecule is CCC(N)Cc1ccc(-n2ccc(C(C)C)n2)c(Cl)c1. The van der Waals surface area contributed by atoms with E-state index in [1.54, 1.807) is 0 Å². The minimum atomic E-state index is 0.189. The third-order valence-corrected chi connectivity index (χ3v) is 3.79. The smallest absolute Gasteiger partial charge is 0.0832 e. The van der Waals surface area contributed by atoms with E-state index in [9.17, 15) is 0 Å². The minimum absolute atomic E-state index is 0.189. The molecule has 2 rings (SSSR count). The van der Waals surface area contributed by atoms with Gasteiger partial charge in [-0.25, -0.2) is 4.68 Å². The maximum Gasteiger partial charge on any atom is 0.0832 e. The van der Waals surface area contributed by atoms with Crippen molar-refractivity contribution in [2.45, 2.75) is 45.6 Å². The Labute approximate surface area is 125 Å². The Bertz CT molecular complexity index is 575. The van der Waals surface area contributed by atoms with Gasteiger partial charge in [0.1, 0.15) is 0 Å². The Balaban J connectivity index is 2.24. The molecule has 20 heavy (non-hydrogen) atoms. The molecule has 0 fully saturated rings. The summed E-state index contributed by atoms with van der Waals surface area (Å²) in [6.45, 7) is 6.35. The van der Waals surface area contributed by atoms with Crippen molar-refractivity contribution in [3.63, 3.8) is 0 Å². The molecule has 0 radical (unpaired) electrons. The van der Waals surface area contributed by atoms with Crippen LogP contribution >= 0.6 is 11.6 Å². The molecule has 0 saturated carbocycles. The Morgan fingerprint density at radius 1 is 1.30 bits per heavy atom. The van der Waals surface area contributed by atoms with Crippen molar-refractivity contribution in [3.8, 4) is 5.69 Å². The molecule has 2 N–H and O–H groups in total. The van der Waals surface area contributed by atoms with Gasteiger partial charge in [0.15, 0.2) is 0 Å². The molecule has 1 aromatic carbocycles. The molecular weight excluding hydrogens is 270 g/mol. The largest absolute Gasteiger partial charge is 0.327 e. The first-order chi connectivity index (χ1) is 9.51. The van der Waals surface area contributed by atoms with E-state index < -0.39 is 0 Å². The van der Waals surface area contributed by atoms with Crippen LogP contribution in [0.5, 0.6) is 0 Å². The normalized spacial score (nSPS) is 12.9. The van der Waals surface area contributed by atoms with Crippen molar-refractivity contribution in [3.05, 3.63) is 46.7 Å². The first-order valence-corrected chi connectivity index (χ1v) is 7.49. The second-order valence-electron chi connectivity index (χ2n) is 5.50. The third-order valence-electron chi connectivity index (χ3n) is 3.48. The first-order valence-electron chi connectivity index (χ1n) is 7.11. The average Bonchev–Trinajstić information content (AvgIpc) is 2.88. The number of nitrogens with two attached hydrogens (primary N) is 1. The third kappa shape index (κ3) is 3.41. The molecular formula is C16H22ClN3. The number of nitrogens with zero attached hydrogens (tertiary/aromatic N) is 2. The summed E-state index contributed by atoms with van der Waals surface area (Å²) in [5.74, 6) is 0.414. The second-order valence-corrected chi connectivity index (χ2v) is 5.91. The van der Waals surface area contributed by atoms with Crippen LogP contribution in [0.15, 0.2) is 30.5 Å². The van der Waals surface area contributed by atoms with Crippen LogP contribution in [0.3, 0.4) is 0 Å². The van der Waals surface area contributed by atoms with Gasteiger partial charge < -0.3 is 5.73 Å². The van der Waals surface area contributed by atoms with Crippen LogP contribution < -0.4 is 5.73 Å². The van der Waals surface area contributed by atoms with Crippen LogP contribution in [0.1, 0.15) is 44.4 Å². The second kappa shape index (κ2) is 6.42. The number of halogens is 1. The summed E-state index contributed by atoms with van der Waals surface area (Å²) < 4.78 is 1.83. The molecule has 0 aliphatic rings. The minimum Gasteiger partial charge on any atom is -0.327 e. The van der Waals surface area contributed by atoms with Gasteiger partial charge in [0.05, 0.1) is 16.4 Å². The fourth-order valence-electron chi connectivity index (χ4n) is 2.09. The summed E-state index contributed by atoms with van der Waals surface area (Å²) in [5, 5.41) is 5.27. The summed E-state index contributed by atoms with van der Waals surface area (Å²) >= 11 is 6.38. The highest BCUT2D eigenvalue weighted by atomic mass is 35.5. The summed E-state index contributed by atoms with van der Waals surface area (Å²) in [6, 6.07) is 8.30. The van der Waals surface area contributed by atoms with Crippen molar-refractivity contribution in [1.29, 1.82) is 0 Å². The summed E-state index contributed by atoms with van der Waals surface area (Å²) in [6.07, 6.45) is 3.77. The summed E-state index contributed by atoms with van der Waals surface area (Å²) in [5.41, 5.74) is 9.13. The van der Waals surface area contributed by atoms with Crippen molar-refractivity contribution in [2.24, 2.45) is 5.73 Å². The standard InChI is InChI=1S/C16H22ClN3/c1-4-13(18)9-12-5-6-16(14(17)10-12)20-8-7-15(19-20)11(2)3/h5-8,10-11,13H,4,9,18H2,1-3H3. The zero-order valence-corrected chi connectivity index (χ0v) is 13.1. The lowest BCUT2D eigenvalue weighted by Crippen LogP contribution is -2.21. The molecule has 0 saturated heterocycles. The highest BCUT2D eigenvalue weighted by Crippen LogP contribution is 2.23. The van der Waals surface area contributed by atoms with Crippen molar-refractivity contribution < 1.29 is 0 Å². The van der Waals surface area contributed by atoms with E-state index in [-0.39, 0.29) is 6.04 Å². The first kappa shape index (κ1) is 15.1. The van der Waals surface area contributed by atoms with Crippen molar-refractivity contribution in [1.82, 2.24) is 9.78 Å². The van der Waals surface area contributed by atoms with E-state index in [2.05, 4.69) is 31.9 Å². The molecule has 0 aliphatic carbocycles. The molecule has 0 bridgehead atoms. The van der Waals surface area contributed by atoms with Crippen molar-refractivity contribution in [2.75, 3.05) is 0 Å². The van der Waals surface area contributed by atoms with E-state index in [0.29, 0.717) is 10.9 Å². The lowest BCUT2D eigenvalue weighted by atomic mass is 10.0. The van der Waals surface area contributed by atoms with E-state index in [0.717, 1.165) is 24.2 Å². The predicted molar refractivity (Wildman–Crippen MR) is 84.6 cm³/mol. The summed E-state index contributed by atoms with van der Waals surface area (Å²) in [7, 11) is 0.